The van der Waals surface area contributed by atoms with Gasteiger partial charge in [0.2, 0.25) is 5.27 Å². The van der Waals surface area contributed by atoms with E-state index >= 15 is 0 Å². The molecule has 1 atom stereocenters. The molecule has 1 aliphatic rings. The van der Waals surface area contributed by atoms with Crippen LogP contribution in [0.5, 0.6) is 0 Å². The quantitative estimate of drug-likeness (QED) is 0.675. The number of hydrogen-bond acceptors (Lipinski definition) is 6. The summed E-state index contributed by atoms with van der Waals surface area (Å²) in [6.07, 6.45) is 0.970. The highest BCUT2D eigenvalue weighted by atomic mass is 16.5. The van der Waals surface area contributed by atoms with E-state index in [2.05, 4.69) is 10.6 Å². The van der Waals surface area contributed by atoms with Crippen molar-refractivity contribution in [2.24, 2.45) is 0 Å². The zero-order chi connectivity index (χ0) is 13.0. The van der Waals surface area contributed by atoms with Gasteiger partial charge in [0.25, 0.3) is 6.20 Å². The van der Waals surface area contributed by atoms with Gasteiger partial charge in [-0.05, 0) is 6.92 Å². The van der Waals surface area contributed by atoms with Crippen LogP contribution >= 0.6 is 0 Å². The molecule has 1 fully saturated rings. The van der Waals surface area contributed by atoms with Crippen molar-refractivity contribution >= 4 is 11.8 Å². The number of carbonyl (C=O) groups excluding carboxylic acids is 1. The molecule has 1 unspecified atom stereocenters. The molecule has 1 aromatic rings. The molecule has 1 saturated heterocycles. The van der Waals surface area contributed by atoms with Crippen LogP contribution in [0.25, 0.3) is 5.32 Å². The molecule has 1 aromatic heterocycles. The predicted molar refractivity (Wildman–Crippen MR) is 60.0 cm³/mol. The molecule has 2 heterocycles. The zero-order valence-electron chi connectivity index (χ0n) is 10.4. The summed E-state index contributed by atoms with van der Waals surface area (Å²) in [5.74, 6) is -0.238. The lowest BCUT2D eigenvalue weighted by Crippen LogP contribution is -2.62. The van der Waals surface area contributed by atoms with Crippen LogP contribution < -0.4 is 9.80 Å². The van der Waals surface area contributed by atoms with E-state index in [1.807, 2.05) is 5.01 Å². The van der Waals surface area contributed by atoms with Crippen LogP contribution in [0.1, 0.15) is 6.92 Å². The number of nitrogens with zero attached hydrogens (tertiary/aromatic N) is 4. The summed E-state index contributed by atoms with van der Waals surface area (Å²) in [4.78, 5) is 13.0. The fourth-order valence-corrected chi connectivity index (χ4v) is 1.47. The van der Waals surface area contributed by atoms with E-state index < -0.39 is 12.0 Å². The highest BCUT2D eigenvalue weighted by Crippen LogP contribution is 2.16. The molecule has 18 heavy (non-hydrogen) atoms. The molecule has 0 bridgehead atoms. The van der Waals surface area contributed by atoms with Crippen molar-refractivity contribution in [1.82, 2.24) is 5.27 Å². The fourth-order valence-electron chi connectivity index (χ4n) is 1.47. The van der Waals surface area contributed by atoms with Crippen molar-refractivity contribution in [3.63, 3.8) is 0 Å². The van der Waals surface area contributed by atoms with Crippen LogP contribution in [0.3, 0.4) is 0 Å². The summed E-state index contributed by atoms with van der Waals surface area (Å²) in [7, 11) is 1.45. The van der Waals surface area contributed by atoms with Gasteiger partial charge in [-0.1, -0.05) is 0 Å². The SMILES string of the molecule is COC(C)C(=O)[N-]c1c[n+](N2CCOCC2)no1. The first-order valence-corrected chi connectivity index (χ1v) is 5.70. The molecular weight excluding hydrogens is 240 g/mol. The standard InChI is InChI=1S/C10H16N4O4/c1-8(16-2)10(15)11-9-7-14(12-18-9)13-3-5-17-6-4-13/h7-8H,3-6H2,1-2H3. The predicted octanol–water partition coefficient (Wildman–Crippen LogP) is -0.503. The van der Waals surface area contributed by atoms with Crippen molar-refractivity contribution < 1.29 is 23.6 Å². The fraction of sp³-hybridized carbons (Fsp3) is 0.700. The largest absolute Gasteiger partial charge is 0.586 e. The highest BCUT2D eigenvalue weighted by molar-refractivity contribution is 5.97. The normalized spacial score (nSPS) is 17.6. The summed E-state index contributed by atoms with van der Waals surface area (Å²) in [6, 6.07) is 0. The van der Waals surface area contributed by atoms with E-state index in [0.717, 1.165) is 13.1 Å². The van der Waals surface area contributed by atoms with Gasteiger partial charge >= 0.3 is 0 Å². The number of carbonyl (C=O) groups is 1. The Kier molecular flexibility index (Phi) is 4.11. The Hall–Kier alpha value is -1.67. The number of morpholine rings is 1. The van der Waals surface area contributed by atoms with E-state index in [9.17, 15) is 4.79 Å². The lowest BCUT2D eigenvalue weighted by atomic mass is 10.4. The second-order valence-electron chi connectivity index (χ2n) is 3.85. The van der Waals surface area contributed by atoms with Gasteiger partial charge in [0, 0.05) is 7.11 Å². The van der Waals surface area contributed by atoms with Gasteiger partial charge in [0.1, 0.15) is 5.88 Å². The first-order chi connectivity index (χ1) is 8.70. The Balaban J connectivity index is 1.95. The Morgan fingerprint density at radius 2 is 2.33 bits per heavy atom. The molecule has 0 radical (unpaired) electrons. The van der Waals surface area contributed by atoms with Gasteiger partial charge in [-0.3, -0.25) is 0 Å². The topological polar surface area (TPSA) is 82.8 Å². The summed E-state index contributed by atoms with van der Waals surface area (Å²) < 4.78 is 15.1. The van der Waals surface area contributed by atoms with Crippen LogP contribution in [-0.4, -0.2) is 50.7 Å². The first-order valence-electron chi connectivity index (χ1n) is 5.70. The summed E-state index contributed by atoms with van der Waals surface area (Å²) in [5.41, 5.74) is 0. The zero-order valence-corrected chi connectivity index (χ0v) is 10.4. The molecule has 0 aromatic carbocycles. The number of rotatable bonds is 4. The second-order valence-corrected chi connectivity index (χ2v) is 3.85. The molecule has 1 aliphatic heterocycles. The third-order valence-electron chi connectivity index (χ3n) is 2.64. The summed E-state index contributed by atoms with van der Waals surface area (Å²) >= 11 is 0. The molecule has 2 rings (SSSR count). The smallest absolute Gasteiger partial charge is 0.257 e. The number of amides is 1. The van der Waals surface area contributed by atoms with Crippen molar-refractivity contribution in [1.29, 1.82) is 0 Å². The number of ether oxygens (including phenoxy) is 2. The molecule has 0 N–H and O–H groups in total. The molecule has 0 spiro atoms. The molecule has 0 saturated carbocycles. The second kappa shape index (κ2) is 5.78. The van der Waals surface area contributed by atoms with Crippen molar-refractivity contribution in [3.05, 3.63) is 11.5 Å². The average molecular weight is 256 g/mol. The van der Waals surface area contributed by atoms with Crippen LogP contribution in [0, 0.1) is 0 Å². The molecule has 8 nitrogen and oxygen atoms in total. The van der Waals surface area contributed by atoms with Crippen molar-refractivity contribution in [3.8, 4) is 0 Å². The number of methoxy groups -OCH3 is 1. The van der Waals surface area contributed by atoms with E-state index in [1.165, 1.54) is 11.9 Å². The van der Waals surface area contributed by atoms with Crippen LogP contribution in [0.15, 0.2) is 10.7 Å². The minimum absolute atomic E-state index is 0.162. The van der Waals surface area contributed by atoms with Crippen LogP contribution in [-0.2, 0) is 14.3 Å². The Morgan fingerprint density at radius 3 is 3.00 bits per heavy atom. The lowest BCUT2D eigenvalue weighted by molar-refractivity contribution is -0.759. The van der Waals surface area contributed by atoms with Crippen LogP contribution in [0.4, 0.5) is 5.88 Å². The van der Waals surface area contributed by atoms with Crippen LogP contribution in [0.2, 0.25) is 0 Å². The number of aromatic nitrogens is 2. The molecule has 8 heteroatoms. The minimum Gasteiger partial charge on any atom is -0.586 e. The third-order valence-corrected chi connectivity index (χ3v) is 2.64. The third kappa shape index (κ3) is 2.96. The van der Waals surface area contributed by atoms with E-state index in [0.29, 0.717) is 13.2 Å². The van der Waals surface area contributed by atoms with Gasteiger partial charge in [-0.2, -0.15) is 0 Å². The molecule has 100 valence electrons. The summed E-state index contributed by atoms with van der Waals surface area (Å²) in [6.45, 7) is 4.36. The maximum Gasteiger partial charge on any atom is 0.257 e. The molecular formula is C10H16N4O4. The average Bonchev–Trinajstić information content (AvgIpc) is 2.87. The van der Waals surface area contributed by atoms with Gasteiger partial charge < -0.3 is 24.1 Å². The van der Waals surface area contributed by atoms with Gasteiger partial charge in [0.05, 0.1) is 43.1 Å². The molecule has 0 aliphatic carbocycles. The Bertz CT molecular complexity index is 402. The van der Waals surface area contributed by atoms with E-state index in [-0.39, 0.29) is 5.88 Å². The monoisotopic (exact) mass is 256 g/mol. The van der Waals surface area contributed by atoms with Crippen molar-refractivity contribution in [2.75, 3.05) is 38.4 Å². The van der Waals surface area contributed by atoms with Crippen molar-refractivity contribution in [2.45, 2.75) is 13.0 Å². The van der Waals surface area contributed by atoms with E-state index in [1.54, 1.807) is 13.1 Å². The van der Waals surface area contributed by atoms with Gasteiger partial charge in [-0.15, -0.1) is 5.01 Å². The Morgan fingerprint density at radius 1 is 1.61 bits per heavy atom. The first kappa shape index (κ1) is 12.8. The maximum absolute atomic E-state index is 11.5. The Labute approximate surface area is 104 Å². The minimum atomic E-state index is -0.591. The van der Waals surface area contributed by atoms with Gasteiger partial charge in [0.15, 0.2) is 0 Å². The highest BCUT2D eigenvalue weighted by Gasteiger charge is 2.21. The maximum atomic E-state index is 11.5. The van der Waals surface area contributed by atoms with Gasteiger partial charge in [-0.25, -0.2) is 0 Å². The molecule has 1 amide bonds. The van der Waals surface area contributed by atoms with E-state index in [4.69, 9.17) is 14.0 Å². The number of hydrogen-bond donors (Lipinski definition) is 0. The lowest BCUT2D eigenvalue weighted by Gasteiger charge is -2.19. The summed E-state index contributed by atoms with van der Waals surface area (Å²) in [5, 5.41) is 9.52.